The monoisotopic (exact) mass is 383 g/mol. The van der Waals surface area contributed by atoms with Crippen molar-refractivity contribution >= 4 is 31.6 Å². The number of sulfonamides is 1. The molecule has 22 heavy (non-hydrogen) atoms. The van der Waals surface area contributed by atoms with Crippen LogP contribution in [0.2, 0.25) is 0 Å². The van der Waals surface area contributed by atoms with E-state index in [1.54, 1.807) is 48.5 Å². The highest BCUT2D eigenvalue weighted by Crippen LogP contribution is 2.21. The summed E-state index contributed by atoms with van der Waals surface area (Å²) >= 11 is 3.28. The van der Waals surface area contributed by atoms with Gasteiger partial charge in [0, 0.05) is 10.2 Å². The number of hydrogen-bond donors (Lipinski definition) is 1. The highest BCUT2D eigenvalue weighted by Gasteiger charge is 2.13. The molecule has 0 radical (unpaired) electrons. The largest absolute Gasteiger partial charge is 0.494 e. The Labute approximate surface area is 139 Å². The molecule has 0 aliphatic rings. The van der Waals surface area contributed by atoms with Gasteiger partial charge < -0.3 is 4.74 Å². The summed E-state index contributed by atoms with van der Waals surface area (Å²) in [5, 5.41) is 0. The predicted molar refractivity (Wildman–Crippen MR) is 91.8 cm³/mol. The molecule has 0 amide bonds. The average molecular weight is 384 g/mol. The van der Waals surface area contributed by atoms with Gasteiger partial charge in [0.1, 0.15) is 5.75 Å². The molecule has 2 aromatic rings. The second kappa shape index (κ2) is 7.65. The molecule has 0 saturated carbocycles. The van der Waals surface area contributed by atoms with Gasteiger partial charge >= 0.3 is 0 Å². The van der Waals surface area contributed by atoms with Crippen molar-refractivity contribution in [2.75, 3.05) is 11.3 Å². The van der Waals surface area contributed by atoms with Crippen LogP contribution < -0.4 is 9.46 Å². The smallest absolute Gasteiger partial charge is 0.261 e. The number of benzene rings is 2. The standard InChI is InChI=1S/C16H18BrNO3S/c1-2-3-12-21-15-8-6-14(7-9-15)18-22(19,20)16-10-4-13(17)5-11-16/h4-11,18H,2-3,12H2,1H3. The van der Waals surface area contributed by atoms with Crippen LogP contribution in [0.15, 0.2) is 57.9 Å². The van der Waals surface area contributed by atoms with E-state index in [4.69, 9.17) is 4.74 Å². The molecule has 0 aromatic heterocycles. The molecule has 0 atom stereocenters. The van der Waals surface area contributed by atoms with Gasteiger partial charge in [0.25, 0.3) is 10.0 Å². The zero-order valence-corrected chi connectivity index (χ0v) is 14.7. The summed E-state index contributed by atoms with van der Waals surface area (Å²) in [7, 11) is -3.58. The maximum atomic E-state index is 12.3. The van der Waals surface area contributed by atoms with E-state index in [1.165, 1.54) is 0 Å². The van der Waals surface area contributed by atoms with Crippen LogP contribution in [0.5, 0.6) is 5.75 Å². The number of hydrogen-bond acceptors (Lipinski definition) is 3. The van der Waals surface area contributed by atoms with Crippen molar-refractivity contribution in [2.45, 2.75) is 24.7 Å². The fourth-order valence-corrected chi connectivity index (χ4v) is 3.10. The van der Waals surface area contributed by atoms with E-state index in [2.05, 4.69) is 27.6 Å². The Bertz CT molecular complexity index is 697. The molecule has 0 saturated heterocycles. The summed E-state index contributed by atoms with van der Waals surface area (Å²) in [5.74, 6) is 0.736. The van der Waals surface area contributed by atoms with Gasteiger partial charge in [-0.15, -0.1) is 0 Å². The zero-order valence-electron chi connectivity index (χ0n) is 12.3. The Hall–Kier alpha value is -1.53. The van der Waals surface area contributed by atoms with Gasteiger partial charge in [0.15, 0.2) is 0 Å². The SMILES string of the molecule is CCCCOc1ccc(NS(=O)(=O)c2ccc(Br)cc2)cc1. The van der Waals surface area contributed by atoms with Crippen LogP contribution in [0.1, 0.15) is 19.8 Å². The van der Waals surface area contributed by atoms with E-state index in [9.17, 15) is 8.42 Å². The molecule has 0 bridgehead atoms. The van der Waals surface area contributed by atoms with Gasteiger partial charge in [-0.25, -0.2) is 8.42 Å². The highest BCUT2D eigenvalue weighted by molar-refractivity contribution is 9.10. The Morgan fingerprint density at radius 1 is 1.05 bits per heavy atom. The molecular formula is C16H18BrNO3S. The van der Waals surface area contributed by atoms with Gasteiger partial charge in [-0.05, 0) is 55.0 Å². The van der Waals surface area contributed by atoms with Crippen molar-refractivity contribution in [3.63, 3.8) is 0 Å². The summed E-state index contributed by atoms with van der Waals surface area (Å²) in [5.41, 5.74) is 0.505. The van der Waals surface area contributed by atoms with Crippen LogP contribution in [-0.4, -0.2) is 15.0 Å². The highest BCUT2D eigenvalue weighted by atomic mass is 79.9. The van der Waals surface area contributed by atoms with Crippen molar-refractivity contribution in [1.29, 1.82) is 0 Å². The number of unbranched alkanes of at least 4 members (excludes halogenated alkanes) is 1. The number of nitrogens with one attached hydrogen (secondary N) is 1. The van der Waals surface area contributed by atoms with E-state index < -0.39 is 10.0 Å². The van der Waals surface area contributed by atoms with Crippen molar-refractivity contribution < 1.29 is 13.2 Å². The first-order valence-electron chi connectivity index (χ1n) is 7.02. The number of ether oxygens (including phenoxy) is 1. The zero-order chi connectivity index (χ0) is 16.0. The lowest BCUT2D eigenvalue weighted by molar-refractivity contribution is 0.309. The second-order valence-electron chi connectivity index (χ2n) is 4.79. The number of rotatable bonds is 7. The van der Waals surface area contributed by atoms with E-state index >= 15 is 0 Å². The third-order valence-corrected chi connectivity index (χ3v) is 4.92. The normalized spacial score (nSPS) is 11.2. The minimum Gasteiger partial charge on any atom is -0.494 e. The molecule has 2 aromatic carbocycles. The minimum absolute atomic E-state index is 0.221. The van der Waals surface area contributed by atoms with Gasteiger partial charge in [-0.2, -0.15) is 0 Å². The second-order valence-corrected chi connectivity index (χ2v) is 7.38. The molecule has 0 fully saturated rings. The predicted octanol–water partition coefficient (Wildman–Crippen LogP) is 4.43. The van der Waals surface area contributed by atoms with Gasteiger partial charge in [-0.1, -0.05) is 29.3 Å². The summed E-state index contributed by atoms with van der Waals surface area (Å²) < 4.78 is 33.4. The summed E-state index contributed by atoms with van der Waals surface area (Å²) in [6.07, 6.45) is 2.07. The summed E-state index contributed by atoms with van der Waals surface area (Å²) in [6.45, 7) is 2.77. The first kappa shape index (κ1) is 16.8. The quantitative estimate of drug-likeness (QED) is 0.719. The molecule has 0 aliphatic carbocycles. The van der Waals surface area contributed by atoms with Crippen LogP contribution in [0, 0.1) is 0 Å². The first-order valence-corrected chi connectivity index (χ1v) is 9.30. The fourth-order valence-electron chi connectivity index (χ4n) is 1.78. The average Bonchev–Trinajstić information content (AvgIpc) is 2.49. The van der Waals surface area contributed by atoms with Crippen molar-refractivity contribution in [2.24, 2.45) is 0 Å². The van der Waals surface area contributed by atoms with Crippen molar-refractivity contribution in [3.8, 4) is 5.75 Å². The fraction of sp³-hybridized carbons (Fsp3) is 0.250. The van der Waals surface area contributed by atoms with E-state index in [0.29, 0.717) is 12.3 Å². The molecule has 0 heterocycles. The van der Waals surface area contributed by atoms with Gasteiger partial charge in [0.2, 0.25) is 0 Å². The van der Waals surface area contributed by atoms with Crippen LogP contribution >= 0.6 is 15.9 Å². The van der Waals surface area contributed by atoms with Crippen LogP contribution in [0.3, 0.4) is 0 Å². The molecule has 0 unspecified atom stereocenters. The van der Waals surface area contributed by atoms with Crippen molar-refractivity contribution in [1.82, 2.24) is 0 Å². The first-order chi connectivity index (χ1) is 10.5. The van der Waals surface area contributed by atoms with Gasteiger partial charge in [0.05, 0.1) is 11.5 Å². The molecular weight excluding hydrogens is 366 g/mol. The molecule has 4 nitrogen and oxygen atoms in total. The van der Waals surface area contributed by atoms with Crippen molar-refractivity contribution in [3.05, 3.63) is 53.0 Å². The Morgan fingerprint density at radius 2 is 1.68 bits per heavy atom. The van der Waals surface area contributed by atoms with Gasteiger partial charge in [-0.3, -0.25) is 4.72 Å². The minimum atomic E-state index is -3.58. The van der Waals surface area contributed by atoms with E-state index in [-0.39, 0.29) is 4.90 Å². The summed E-state index contributed by atoms with van der Waals surface area (Å²) in [6, 6.07) is 13.4. The lowest BCUT2D eigenvalue weighted by Crippen LogP contribution is -2.12. The topological polar surface area (TPSA) is 55.4 Å². The molecule has 0 spiro atoms. The third kappa shape index (κ3) is 4.74. The number of anilines is 1. The molecule has 2 rings (SSSR count). The molecule has 0 aliphatic heterocycles. The Balaban J connectivity index is 2.05. The van der Waals surface area contributed by atoms with E-state index in [0.717, 1.165) is 23.1 Å². The van der Waals surface area contributed by atoms with Crippen LogP contribution in [0.4, 0.5) is 5.69 Å². The Kier molecular flexibility index (Phi) is 5.85. The molecule has 118 valence electrons. The lowest BCUT2D eigenvalue weighted by atomic mass is 10.3. The molecule has 6 heteroatoms. The van der Waals surface area contributed by atoms with E-state index in [1.807, 2.05) is 0 Å². The Morgan fingerprint density at radius 3 is 2.27 bits per heavy atom. The number of halogens is 1. The summed E-state index contributed by atoms with van der Waals surface area (Å²) in [4.78, 5) is 0.221. The molecule has 1 N–H and O–H groups in total. The lowest BCUT2D eigenvalue weighted by Gasteiger charge is -2.10. The van der Waals surface area contributed by atoms with Crippen LogP contribution in [0.25, 0.3) is 0 Å². The third-order valence-electron chi connectivity index (χ3n) is 3.00. The van der Waals surface area contributed by atoms with Crippen LogP contribution in [-0.2, 0) is 10.0 Å². The maximum absolute atomic E-state index is 12.3. The maximum Gasteiger partial charge on any atom is 0.261 e.